The van der Waals surface area contributed by atoms with Gasteiger partial charge in [-0.2, -0.15) is 0 Å². The molecule has 1 fully saturated rings. The lowest BCUT2D eigenvalue weighted by Gasteiger charge is -2.14. The SMILES string of the molecule is CCS(=O)(=O)Nc1ccc(C(=O)Nc2ccccc2C(=O)NC[C@H]2CCCO2)cc1. The number of para-hydroxylation sites is 1. The monoisotopic (exact) mass is 431 g/mol. The zero-order valence-corrected chi connectivity index (χ0v) is 17.5. The van der Waals surface area contributed by atoms with Crippen molar-refractivity contribution in [2.24, 2.45) is 0 Å². The molecule has 0 unspecified atom stereocenters. The molecule has 3 N–H and O–H groups in total. The molecular formula is C21H25N3O5S. The fourth-order valence-electron chi connectivity index (χ4n) is 3.03. The van der Waals surface area contributed by atoms with E-state index in [1.807, 2.05) is 0 Å². The third-order valence-electron chi connectivity index (χ3n) is 4.73. The van der Waals surface area contributed by atoms with Gasteiger partial charge in [0, 0.05) is 24.4 Å². The van der Waals surface area contributed by atoms with Gasteiger partial charge in [0.1, 0.15) is 0 Å². The molecule has 0 spiro atoms. The van der Waals surface area contributed by atoms with Crippen molar-refractivity contribution >= 4 is 33.2 Å². The second-order valence-electron chi connectivity index (χ2n) is 6.93. The van der Waals surface area contributed by atoms with E-state index in [1.54, 1.807) is 31.2 Å². The zero-order chi connectivity index (χ0) is 21.6. The number of hydrogen-bond donors (Lipinski definition) is 3. The molecule has 1 saturated heterocycles. The zero-order valence-electron chi connectivity index (χ0n) is 16.7. The molecule has 1 aliphatic rings. The summed E-state index contributed by atoms with van der Waals surface area (Å²) < 4.78 is 31.2. The lowest BCUT2D eigenvalue weighted by atomic mass is 10.1. The fourth-order valence-corrected chi connectivity index (χ4v) is 3.67. The van der Waals surface area contributed by atoms with E-state index in [-0.39, 0.29) is 17.8 Å². The lowest BCUT2D eigenvalue weighted by Crippen LogP contribution is -2.32. The summed E-state index contributed by atoms with van der Waals surface area (Å²) in [5.74, 6) is -0.731. The summed E-state index contributed by atoms with van der Waals surface area (Å²) in [7, 11) is -3.39. The lowest BCUT2D eigenvalue weighted by molar-refractivity contribution is 0.0858. The maximum Gasteiger partial charge on any atom is 0.255 e. The molecule has 8 nitrogen and oxygen atoms in total. The Bertz CT molecular complexity index is 1000. The van der Waals surface area contributed by atoms with Gasteiger partial charge in [0.2, 0.25) is 10.0 Å². The highest BCUT2D eigenvalue weighted by molar-refractivity contribution is 7.92. The van der Waals surface area contributed by atoms with Crippen LogP contribution in [0.1, 0.15) is 40.5 Å². The molecule has 30 heavy (non-hydrogen) atoms. The van der Waals surface area contributed by atoms with Gasteiger partial charge in [-0.15, -0.1) is 0 Å². The second kappa shape index (κ2) is 9.73. The fraction of sp³-hybridized carbons (Fsp3) is 0.333. The van der Waals surface area contributed by atoms with E-state index in [0.29, 0.717) is 35.7 Å². The molecule has 0 radical (unpaired) electrons. The van der Waals surface area contributed by atoms with Gasteiger partial charge < -0.3 is 15.4 Å². The third-order valence-corrected chi connectivity index (χ3v) is 6.04. The summed E-state index contributed by atoms with van der Waals surface area (Å²) >= 11 is 0. The van der Waals surface area contributed by atoms with Crippen molar-refractivity contribution < 1.29 is 22.7 Å². The number of carbonyl (C=O) groups is 2. The largest absolute Gasteiger partial charge is 0.376 e. The van der Waals surface area contributed by atoms with Crippen LogP contribution in [0.4, 0.5) is 11.4 Å². The minimum atomic E-state index is -3.39. The van der Waals surface area contributed by atoms with E-state index in [9.17, 15) is 18.0 Å². The van der Waals surface area contributed by atoms with E-state index in [0.717, 1.165) is 12.8 Å². The average Bonchev–Trinajstić information content (AvgIpc) is 3.26. The van der Waals surface area contributed by atoms with Gasteiger partial charge in [-0.25, -0.2) is 8.42 Å². The number of hydrogen-bond acceptors (Lipinski definition) is 5. The first-order valence-corrected chi connectivity index (χ1v) is 11.4. The summed E-state index contributed by atoms with van der Waals surface area (Å²) in [6.45, 7) is 2.68. The van der Waals surface area contributed by atoms with Crippen LogP contribution in [0, 0.1) is 0 Å². The van der Waals surface area contributed by atoms with Gasteiger partial charge in [-0.3, -0.25) is 14.3 Å². The van der Waals surface area contributed by atoms with Crippen LogP contribution in [-0.2, 0) is 14.8 Å². The number of rotatable bonds is 8. The highest BCUT2D eigenvalue weighted by atomic mass is 32.2. The van der Waals surface area contributed by atoms with Gasteiger partial charge in [-0.05, 0) is 56.2 Å². The Kier molecular flexibility index (Phi) is 7.07. The predicted molar refractivity (Wildman–Crippen MR) is 115 cm³/mol. The molecule has 2 aromatic carbocycles. The van der Waals surface area contributed by atoms with Crippen molar-refractivity contribution in [2.45, 2.75) is 25.9 Å². The van der Waals surface area contributed by atoms with E-state index >= 15 is 0 Å². The van der Waals surface area contributed by atoms with Crippen LogP contribution in [0.25, 0.3) is 0 Å². The van der Waals surface area contributed by atoms with E-state index in [1.165, 1.54) is 24.3 Å². The predicted octanol–water partition coefficient (Wildman–Crippen LogP) is 2.61. The van der Waals surface area contributed by atoms with E-state index < -0.39 is 15.9 Å². The van der Waals surface area contributed by atoms with Crippen LogP contribution < -0.4 is 15.4 Å². The van der Waals surface area contributed by atoms with Gasteiger partial charge in [-0.1, -0.05) is 12.1 Å². The van der Waals surface area contributed by atoms with Crippen molar-refractivity contribution in [3.8, 4) is 0 Å². The molecule has 1 aliphatic heterocycles. The standard InChI is InChI=1S/C21H25N3O5S/c1-2-30(27,28)24-16-11-9-15(10-12-16)20(25)23-19-8-4-3-7-18(19)21(26)22-14-17-6-5-13-29-17/h3-4,7-12,17,24H,2,5-6,13-14H2,1H3,(H,22,26)(H,23,25)/t17-/m1/s1. The number of anilines is 2. The maximum absolute atomic E-state index is 12.6. The molecule has 3 rings (SSSR count). The van der Waals surface area contributed by atoms with Crippen molar-refractivity contribution in [3.05, 3.63) is 59.7 Å². The van der Waals surface area contributed by atoms with Crippen LogP contribution >= 0.6 is 0 Å². The van der Waals surface area contributed by atoms with Gasteiger partial charge in [0.15, 0.2) is 0 Å². The summed E-state index contributed by atoms with van der Waals surface area (Å²) in [6, 6.07) is 12.8. The van der Waals surface area contributed by atoms with Crippen LogP contribution in [0.3, 0.4) is 0 Å². The number of nitrogens with one attached hydrogen (secondary N) is 3. The Morgan fingerprint density at radius 1 is 1.07 bits per heavy atom. The maximum atomic E-state index is 12.6. The first kappa shape index (κ1) is 21.8. The summed E-state index contributed by atoms with van der Waals surface area (Å²) in [5, 5.41) is 5.59. The smallest absolute Gasteiger partial charge is 0.255 e. The Morgan fingerprint density at radius 2 is 1.80 bits per heavy atom. The molecule has 1 heterocycles. The molecule has 9 heteroatoms. The average molecular weight is 432 g/mol. The summed E-state index contributed by atoms with van der Waals surface area (Å²) in [6.07, 6.45) is 1.94. The first-order chi connectivity index (χ1) is 14.4. The summed E-state index contributed by atoms with van der Waals surface area (Å²) in [5.41, 5.74) is 1.46. The number of carbonyl (C=O) groups excluding carboxylic acids is 2. The van der Waals surface area contributed by atoms with Gasteiger partial charge >= 0.3 is 0 Å². The summed E-state index contributed by atoms with van der Waals surface area (Å²) in [4.78, 5) is 25.2. The number of amides is 2. The van der Waals surface area contributed by atoms with E-state index in [4.69, 9.17) is 4.74 Å². The highest BCUT2D eigenvalue weighted by Gasteiger charge is 2.19. The van der Waals surface area contributed by atoms with Crippen LogP contribution in [0.15, 0.2) is 48.5 Å². The van der Waals surface area contributed by atoms with Crippen LogP contribution in [0.5, 0.6) is 0 Å². The van der Waals surface area contributed by atoms with Crippen molar-refractivity contribution in [2.75, 3.05) is 28.9 Å². The van der Waals surface area contributed by atoms with Crippen LogP contribution in [-0.4, -0.2) is 45.2 Å². The van der Waals surface area contributed by atoms with Crippen molar-refractivity contribution in [3.63, 3.8) is 0 Å². The molecule has 2 amide bonds. The normalized spacial score (nSPS) is 16.1. The first-order valence-electron chi connectivity index (χ1n) is 9.78. The van der Waals surface area contributed by atoms with Crippen LogP contribution in [0.2, 0.25) is 0 Å². The third kappa shape index (κ3) is 5.80. The molecule has 2 aromatic rings. The minimum absolute atomic E-state index is 0.0272. The Labute approximate surface area is 176 Å². The Balaban J connectivity index is 1.65. The topological polar surface area (TPSA) is 114 Å². The quantitative estimate of drug-likeness (QED) is 0.595. The molecule has 0 saturated carbocycles. The Hall–Kier alpha value is -2.91. The van der Waals surface area contributed by atoms with E-state index in [2.05, 4.69) is 15.4 Å². The van der Waals surface area contributed by atoms with Crippen molar-refractivity contribution in [1.29, 1.82) is 0 Å². The van der Waals surface area contributed by atoms with Gasteiger partial charge in [0.05, 0.1) is 23.1 Å². The molecule has 1 atom stereocenters. The molecule has 160 valence electrons. The minimum Gasteiger partial charge on any atom is -0.376 e. The van der Waals surface area contributed by atoms with Crippen molar-refractivity contribution in [1.82, 2.24) is 5.32 Å². The molecule has 0 aliphatic carbocycles. The highest BCUT2D eigenvalue weighted by Crippen LogP contribution is 2.18. The molecule has 0 bridgehead atoms. The number of benzene rings is 2. The molecular weight excluding hydrogens is 406 g/mol. The molecule has 0 aromatic heterocycles. The number of sulfonamides is 1. The Morgan fingerprint density at radius 3 is 2.47 bits per heavy atom. The van der Waals surface area contributed by atoms with Gasteiger partial charge in [0.25, 0.3) is 11.8 Å². The number of ether oxygens (including phenoxy) is 1. The second-order valence-corrected chi connectivity index (χ2v) is 8.94.